The molecule has 2 aromatic carbocycles. The number of halogens is 3. The van der Waals surface area contributed by atoms with Crippen molar-refractivity contribution < 1.29 is 9.18 Å². The van der Waals surface area contributed by atoms with Gasteiger partial charge in [-0.25, -0.2) is 4.39 Å². The highest BCUT2D eigenvalue weighted by Gasteiger charge is 2.20. The average molecular weight is 411 g/mol. The molecule has 2 N–H and O–H groups in total. The Balaban J connectivity index is 0.00000261. The van der Waals surface area contributed by atoms with Crippen molar-refractivity contribution >= 4 is 29.9 Å². The number of carbonyl (C=O) groups is 1. The van der Waals surface area contributed by atoms with Crippen LogP contribution in [-0.4, -0.2) is 19.0 Å². The monoisotopic (exact) mass is 410 g/mol. The molecule has 0 aromatic heterocycles. The fourth-order valence-electron chi connectivity index (χ4n) is 3.44. The quantitative estimate of drug-likeness (QED) is 0.711. The maximum atomic E-state index is 13.3. The van der Waals surface area contributed by atoms with Crippen molar-refractivity contribution in [2.75, 3.05) is 13.1 Å². The first-order chi connectivity index (χ1) is 12.6. The number of amides is 1. The molecular weight excluding hydrogens is 386 g/mol. The lowest BCUT2D eigenvalue weighted by Gasteiger charge is -2.24. The molecule has 3 nitrogen and oxygen atoms in total. The molecule has 1 fully saturated rings. The Hall–Kier alpha value is -1.62. The number of hydrogen-bond donors (Lipinski definition) is 2. The molecule has 1 amide bonds. The molecule has 0 radical (unpaired) electrons. The Kier molecular flexibility index (Phi) is 8.55. The molecule has 0 spiro atoms. The summed E-state index contributed by atoms with van der Waals surface area (Å²) in [4.78, 5) is 12.6. The molecule has 6 heteroatoms. The fraction of sp³-hybridized carbons (Fsp3) is 0.381. The summed E-state index contributed by atoms with van der Waals surface area (Å²) in [5, 5.41) is 7.01. The fourth-order valence-corrected chi connectivity index (χ4v) is 3.69. The van der Waals surface area contributed by atoms with Gasteiger partial charge in [-0.2, -0.15) is 0 Å². The largest absolute Gasteiger partial charge is 0.345 e. The van der Waals surface area contributed by atoms with E-state index in [0.717, 1.165) is 43.5 Å². The summed E-state index contributed by atoms with van der Waals surface area (Å²) >= 11 is 6.35. The van der Waals surface area contributed by atoms with Gasteiger partial charge in [0.1, 0.15) is 5.82 Å². The molecule has 27 heavy (non-hydrogen) atoms. The summed E-state index contributed by atoms with van der Waals surface area (Å²) in [6.07, 6.45) is 3.64. The molecule has 2 aromatic rings. The van der Waals surface area contributed by atoms with Crippen LogP contribution in [0.15, 0.2) is 48.5 Å². The van der Waals surface area contributed by atoms with E-state index in [0.29, 0.717) is 17.4 Å². The minimum absolute atomic E-state index is 0. The molecule has 146 valence electrons. The van der Waals surface area contributed by atoms with Crippen molar-refractivity contribution in [3.63, 3.8) is 0 Å². The van der Waals surface area contributed by atoms with Crippen molar-refractivity contribution in [2.45, 2.75) is 31.7 Å². The minimum Gasteiger partial charge on any atom is -0.345 e. The van der Waals surface area contributed by atoms with Crippen LogP contribution in [-0.2, 0) is 4.79 Å². The molecule has 1 aliphatic rings. The molecule has 3 rings (SSSR count). The lowest BCUT2D eigenvalue weighted by atomic mass is 9.92. The average Bonchev–Trinajstić information content (AvgIpc) is 2.67. The molecule has 0 aliphatic carbocycles. The number of benzene rings is 2. The predicted molar refractivity (Wildman–Crippen MR) is 110 cm³/mol. The smallest absolute Gasteiger partial charge is 0.220 e. The number of piperidine rings is 1. The highest BCUT2D eigenvalue weighted by Crippen LogP contribution is 2.29. The van der Waals surface area contributed by atoms with Gasteiger partial charge < -0.3 is 10.6 Å². The van der Waals surface area contributed by atoms with E-state index in [1.165, 1.54) is 12.1 Å². The van der Waals surface area contributed by atoms with Crippen molar-refractivity contribution in [1.29, 1.82) is 0 Å². The highest BCUT2D eigenvalue weighted by atomic mass is 35.5. The SMILES string of the molecule is Cl.O=C(CCC1CCNCC1)NC(c1ccc(F)cc1)c1ccccc1Cl. The van der Waals surface area contributed by atoms with Crippen LogP contribution in [0.2, 0.25) is 5.02 Å². The summed E-state index contributed by atoms with van der Waals surface area (Å²) in [5.74, 6) is 0.299. The highest BCUT2D eigenvalue weighted by molar-refractivity contribution is 6.31. The van der Waals surface area contributed by atoms with Crippen LogP contribution in [0, 0.1) is 11.7 Å². The Morgan fingerprint density at radius 2 is 1.81 bits per heavy atom. The van der Waals surface area contributed by atoms with Crippen molar-refractivity contribution in [3.8, 4) is 0 Å². The molecule has 1 aliphatic heterocycles. The zero-order valence-corrected chi connectivity index (χ0v) is 16.7. The molecule has 1 saturated heterocycles. The number of rotatable bonds is 6. The molecular formula is C21H25Cl2FN2O. The van der Waals surface area contributed by atoms with E-state index in [1.807, 2.05) is 18.2 Å². The Bertz CT molecular complexity index is 733. The number of carbonyl (C=O) groups excluding carboxylic acids is 1. The van der Waals surface area contributed by atoms with E-state index in [1.54, 1.807) is 18.2 Å². The Morgan fingerprint density at radius 3 is 2.48 bits per heavy atom. The summed E-state index contributed by atoms with van der Waals surface area (Å²) in [7, 11) is 0. The van der Waals surface area contributed by atoms with Gasteiger partial charge in [-0.05, 0) is 67.6 Å². The first-order valence-electron chi connectivity index (χ1n) is 9.13. The lowest BCUT2D eigenvalue weighted by molar-refractivity contribution is -0.121. The van der Waals surface area contributed by atoms with Gasteiger partial charge in [-0.1, -0.05) is 41.9 Å². The van der Waals surface area contributed by atoms with Gasteiger partial charge in [0, 0.05) is 11.4 Å². The van der Waals surface area contributed by atoms with E-state index >= 15 is 0 Å². The second-order valence-corrected chi connectivity index (χ2v) is 7.21. The molecule has 1 atom stereocenters. The van der Waals surface area contributed by atoms with Crippen LogP contribution in [0.3, 0.4) is 0 Å². The minimum atomic E-state index is -0.384. The van der Waals surface area contributed by atoms with Crippen LogP contribution < -0.4 is 10.6 Å². The van der Waals surface area contributed by atoms with E-state index in [4.69, 9.17) is 11.6 Å². The maximum absolute atomic E-state index is 13.3. The normalized spacial score (nSPS) is 15.6. The van der Waals surface area contributed by atoms with Gasteiger partial charge >= 0.3 is 0 Å². The first-order valence-corrected chi connectivity index (χ1v) is 9.51. The van der Waals surface area contributed by atoms with Gasteiger partial charge in [-0.3, -0.25) is 4.79 Å². The Labute approximate surface area is 171 Å². The molecule has 0 saturated carbocycles. The van der Waals surface area contributed by atoms with Crippen LogP contribution in [0.4, 0.5) is 4.39 Å². The van der Waals surface area contributed by atoms with Crippen LogP contribution in [0.5, 0.6) is 0 Å². The van der Waals surface area contributed by atoms with Crippen LogP contribution in [0.1, 0.15) is 42.9 Å². The van der Waals surface area contributed by atoms with Crippen molar-refractivity contribution in [3.05, 3.63) is 70.5 Å². The van der Waals surface area contributed by atoms with Gasteiger partial charge in [0.25, 0.3) is 0 Å². The number of hydrogen-bond acceptors (Lipinski definition) is 2. The summed E-state index contributed by atoms with van der Waals surface area (Å²) in [6.45, 7) is 2.06. The summed E-state index contributed by atoms with van der Waals surface area (Å²) in [6, 6.07) is 13.2. The standard InChI is InChI=1S/C21H24ClFN2O.ClH/c22-19-4-2-1-3-18(19)21(16-6-8-17(23)9-7-16)25-20(26)10-5-15-11-13-24-14-12-15;/h1-4,6-9,15,21,24H,5,10-14H2,(H,25,26);1H. The molecule has 0 bridgehead atoms. The second kappa shape index (κ2) is 10.6. The summed E-state index contributed by atoms with van der Waals surface area (Å²) < 4.78 is 13.3. The zero-order valence-electron chi connectivity index (χ0n) is 15.1. The number of nitrogens with one attached hydrogen (secondary N) is 2. The van der Waals surface area contributed by atoms with Gasteiger partial charge in [-0.15, -0.1) is 12.4 Å². The van der Waals surface area contributed by atoms with E-state index in [-0.39, 0.29) is 30.2 Å². The zero-order chi connectivity index (χ0) is 18.4. The van der Waals surface area contributed by atoms with E-state index < -0.39 is 0 Å². The van der Waals surface area contributed by atoms with Crippen LogP contribution >= 0.6 is 24.0 Å². The van der Waals surface area contributed by atoms with Gasteiger partial charge in [0.2, 0.25) is 5.91 Å². The lowest BCUT2D eigenvalue weighted by Crippen LogP contribution is -2.31. The van der Waals surface area contributed by atoms with Crippen LogP contribution in [0.25, 0.3) is 0 Å². The van der Waals surface area contributed by atoms with E-state index in [2.05, 4.69) is 10.6 Å². The maximum Gasteiger partial charge on any atom is 0.220 e. The Morgan fingerprint density at radius 1 is 1.15 bits per heavy atom. The predicted octanol–water partition coefficient (Wildman–Crippen LogP) is 4.89. The van der Waals surface area contributed by atoms with Gasteiger partial charge in [0.05, 0.1) is 6.04 Å². The summed E-state index contributed by atoms with van der Waals surface area (Å²) in [5.41, 5.74) is 1.63. The molecule has 1 heterocycles. The first kappa shape index (κ1) is 21.7. The third kappa shape index (κ3) is 6.20. The third-order valence-corrected chi connectivity index (χ3v) is 5.31. The topological polar surface area (TPSA) is 41.1 Å². The van der Waals surface area contributed by atoms with E-state index in [9.17, 15) is 9.18 Å². The van der Waals surface area contributed by atoms with Crippen molar-refractivity contribution in [1.82, 2.24) is 10.6 Å². The second-order valence-electron chi connectivity index (χ2n) is 6.81. The third-order valence-electron chi connectivity index (χ3n) is 4.96. The van der Waals surface area contributed by atoms with Gasteiger partial charge in [0.15, 0.2) is 0 Å². The molecule has 1 unspecified atom stereocenters. The van der Waals surface area contributed by atoms with Crippen molar-refractivity contribution in [2.24, 2.45) is 5.92 Å².